The Morgan fingerprint density at radius 2 is 2.26 bits per heavy atom. The lowest BCUT2D eigenvalue weighted by atomic mass is 10.3. The van der Waals surface area contributed by atoms with E-state index in [1.807, 2.05) is 11.9 Å². The van der Waals surface area contributed by atoms with E-state index in [2.05, 4.69) is 4.98 Å². The van der Waals surface area contributed by atoms with Crippen molar-refractivity contribution < 1.29 is 9.53 Å². The van der Waals surface area contributed by atoms with Gasteiger partial charge in [-0.3, -0.25) is 4.79 Å². The fourth-order valence-corrected chi connectivity index (χ4v) is 1.74. The van der Waals surface area contributed by atoms with E-state index >= 15 is 0 Å². The molecule has 1 aliphatic rings. The Bertz CT molecular complexity index is 460. The number of carbonyl (C=O) groups is 1. The number of anilines is 2. The van der Waals surface area contributed by atoms with Gasteiger partial charge in [0, 0.05) is 20.2 Å². The summed E-state index contributed by atoms with van der Waals surface area (Å²) >= 11 is 0. The van der Waals surface area contributed by atoms with Gasteiger partial charge in [-0.25, -0.2) is 4.98 Å². The number of rotatable bonds is 7. The van der Waals surface area contributed by atoms with Gasteiger partial charge in [-0.1, -0.05) is 0 Å². The maximum Gasteiger partial charge on any atom is 0.267 e. The van der Waals surface area contributed by atoms with Gasteiger partial charge in [0.15, 0.2) is 5.82 Å². The summed E-state index contributed by atoms with van der Waals surface area (Å²) in [4.78, 5) is 17.1. The van der Waals surface area contributed by atoms with Crippen molar-refractivity contribution in [3.63, 3.8) is 0 Å². The van der Waals surface area contributed by atoms with E-state index in [1.165, 1.54) is 18.9 Å². The highest BCUT2D eigenvalue weighted by atomic mass is 16.5. The second-order valence-corrected chi connectivity index (χ2v) is 4.91. The fraction of sp³-hybridized carbons (Fsp3) is 0.538. The lowest BCUT2D eigenvalue weighted by Gasteiger charge is -2.20. The number of pyridine rings is 1. The maximum absolute atomic E-state index is 11.1. The van der Waals surface area contributed by atoms with Crippen molar-refractivity contribution >= 4 is 17.4 Å². The summed E-state index contributed by atoms with van der Waals surface area (Å²) in [5.74, 6) is 0.762. The molecule has 1 fully saturated rings. The molecule has 1 amide bonds. The first-order valence-corrected chi connectivity index (χ1v) is 6.43. The van der Waals surface area contributed by atoms with Crippen LogP contribution in [0.25, 0.3) is 0 Å². The number of nitrogens with zero attached hydrogens (tertiary/aromatic N) is 2. The first kappa shape index (κ1) is 13.6. The van der Waals surface area contributed by atoms with Crippen LogP contribution in [0.1, 0.15) is 23.3 Å². The van der Waals surface area contributed by atoms with E-state index in [9.17, 15) is 4.79 Å². The standard InChI is InChI=1S/C13H20N4O2/c1-17(6-7-19-8-9-2-3-9)13-10(14)4-5-11(16-13)12(15)18/h4-5,9H,2-3,6-8,14H2,1H3,(H2,15,18). The van der Waals surface area contributed by atoms with Crippen LogP contribution in [0, 0.1) is 5.92 Å². The second-order valence-electron chi connectivity index (χ2n) is 4.91. The highest BCUT2D eigenvalue weighted by Gasteiger charge is 2.21. The summed E-state index contributed by atoms with van der Waals surface area (Å²) in [6.45, 7) is 2.12. The van der Waals surface area contributed by atoms with E-state index in [0.29, 0.717) is 24.7 Å². The zero-order chi connectivity index (χ0) is 13.8. The number of nitrogens with two attached hydrogens (primary N) is 2. The van der Waals surface area contributed by atoms with Crippen molar-refractivity contribution in [3.8, 4) is 0 Å². The molecule has 0 aliphatic heterocycles. The van der Waals surface area contributed by atoms with E-state index in [1.54, 1.807) is 6.07 Å². The minimum Gasteiger partial charge on any atom is -0.396 e. The van der Waals surface area contributed by atoms with Gasteiger partial charge >= 0.3 is 0 Å². The van der Waals surface area contributed by atoms with Crippen molar-refractivity contribution in [3.05, 3.63) is 17.8 Å². The van der Waals surface area contributed by atoms with Gasteiger partial charge in [0.2, 0.25) is 0 Å². The highest BCUT2D eigenvalue weighted by molar-refractivity contribution is 5.91. The van der Waals surface area contributed by atoms with Gasteiger partial charge in [-0.2, -0.15) is 0 Å². The molecule has 0 saturated heterocycles. The molecule has 1 aromatic heterocycles. The minimum absolute atomic E-state index is 0.218. The van der Waals surface area contributed by atoms with Crippen LogP contribution in [0.4, 0.5) is 11.5 Å². The number of hydrogen-bond acceptors (Lipinski definition) is 5. The van der Waals surface area contributed by atoms with Crippen LogP contribution in [0.3, 0.4) is 0 Å². The molecular weight excluding hydrogens is 244 g/mol. The van der Waals surface area contributed by atoms with Crippen LogP contribution in [0.15, 0.2) is 12.1 Å². The van der Waals surface area contributed by atoms with E-state index < -0.39 is 5.91 Å². The van der Waals surface area contributed by atoms with Crippen LogP contribution in [-0.4, -0.2) is 37.7 Å². The summed E-state index contributed by atoms with van der Waals surface area (Å²) in [6, 6.07) is 3.17. The molecule has 1 aliphatic carbocycles. The molecule has 6 nitrogen and oxygen atoms in total. The lowest BCUT2D eigenvalue weighted by molar-refractivity contribution is 0.0995. The molecule has 0 radical (unpaired) electrons. The smallest absolute Gasteiger partial charge is 0.267 e. The Balaban J connectivity index is 1.90. The second kappa shape index (κ2) is 5.88. The number of amides is 1. The summed E-state index contributed by atoms with van der Waals surface area (Å²) in [5.41, 5.74) is 11.8. The Kier molecular flexibility index (Phi) is 4.21. The number of ether oxygens (including phenoxy) is 1. The molecule has 6 heteroatoms. The average molecular weight is 264 g/mol. The maximum atomic E-state index is 11.1. The van der Waals surface area contributed by atoms with Crippen molar-refractivity contribution in [1.82, 2.24) is 4.98 Å². The lowest BCUT2D eigenvalue weighted by Crippen LogP contribution is -2.26. The summed E-state index contributed by atoms with van der Waals surface area (Å²) in [5, 5.41) is 0. The van der Waals surface area contributed by atoms with Crippen molar-refractivity contribution in [2.24, 2.45) is 11.7 Å². The van der Waals surface area contributed by atoms with Gasteiger partial charge in [-0.05, 0) is 30.9 Å². The van der Waals surface area contributed by atoms with Gasteiger partial charge in [0.05, 0.1) is 12.3 Å². The SMILES string of the molecule is CN(CCOCC1CC1)c1nc(C(N)=O)ccc1N. The zero-order valence-electron chi connectivity index (χ0n) is 11.1. The highest BCUT2D eigenvalue weighted by Crippen LogP contribution is 2.28. The Morgan fingerprint density at radius 1 is 1.53 bits per heavy atom. The molecule has 0 bridgehead atoms. The topological polar surface area (TPSA) is 94.5 Å². The molecule has 1 aromatic rings. The number of carbonyl (C=O) groups excluding carboxylic acids is 1. The van der Waals surface area contributed by atoms with Crippen molar-refractivity contribution in [1.29, 1.82) is 0 Å². The molecule has 4 N–H and O–H groups in total. The predicted molar refractivity (Wildman–Crippen MR) is 74.0 cm³/mol. The first-order valence-electron chi connectivity index (χ1n) is 6.43. The van der Waals surface area contributed by atoms with Gasteiger partial charge in [0.1, 0.15) is 5.69 Å². The van der Waals surface area contributed by atoms with Crippen LogP contribution >= 0.6 is 0 Å². The third-order valence-corrected chi connectivity index (χ3v) is 3.14. The molecule has 0 spiro atoms. The molecule has 0 aromatic carbocycles. The van der Waals surface area contributed by atoms with Crippen LogP contribution in [-0.2, 0) is 4.74 Å². The Labute approximate surface area is 112 Å². The third kappa shape index (κ3) is 3.82. The number of likely N-dealkylation sites (N-methyl/N-ethyl adjacent to an activating group) is 1. The monoisotopic (exact) mass is 264 g/mol. The van der Waals surface area contributed by atoms with E-state index in [4.69, 9.17) is 16.2 Å². The largest absolute Gasteiger partial charge is 0.396 e. The normalized spacial score (nSPS) is 14.4. The zero-order valence-corrected chi connectivity index (χ0v) is 11.1. The summed E-state index contributed by atoms with van der Waals surface area (Å²) < 4.78 is 5.57. The van der Waals surface area contributed by atoms with Crippen LogP contribution < -0.4 is 16.4 Å². The minimum atomic E-state index is -0.556. The van der Waals surface area contributed by atoms with Crippen LogP contribution in [0.5, 0.6) is 0 Å². The van der Waals surface area contributed by atoms with Gasteiger partial charge < -0.3 is 21.1 Å². The fourth-order valence-electron chi connectivity index (χ4n) is 1.74. The summed E-state index contributed by atoms with van der Waals surface area (Å²) in [6.07, 6.45) is 2.57. The quantitative estimate of drug-likeness (QED) is 0.704. The molecule has 1 saturated carbocycles. The molecule has 19 heavy (non-hydrogen) atoms. The van der Waals surface area contributed by atoms with Crippen LogP contribution in [0.2, 0.25) is 0 Å². The van der Waals surface area contributed by atoms with Crippen molar-refractivity contribution in [2.45, 2.75) is 12.8 Å². The molecule has 104 valence electrons. The van der Waals surface area contributed by atoms with Crippen molar-refractivity contribution in [2.75, 3.05) is 37.4 Å². The van der Waals surface area contributed by atoms with E-state index in [-0.39, 0.29) is 5.69 Å². The number of hydrogen-bond donors (Lipinski definition) is 2. The molecule has 0 atom stereocenters. The third-order valence-electron chi connectivity index (χ3n) is 3.14. The Hall–Kier alpha value is -1.82. The molecule has 1 heterocycles. The van der Waals surface area contributed by atoms with E-state index in [0.717, 1.165) is 12.5 Å². The van der Waals surface area contributed by atoms with Gasteiger partial charge in [-0.15, -0.1) is 0 Å². The number of primary amides is 1. The summed E-state index contributed by atoms with van der Waals surface area (Å²) in [7, 11) is 1.87. The molecule has 0 unspecified atom stereocenters. The number of nitrogen functional groups attached to an aromatic ring is 1. The average Bonchev–Trinajstić information content (AvgIpc) is 3.18. The molecule has 2 rings (SSSR count). The van der Waals surface area contributed by atoms with Gasteiger partial charge in [0.25, 0.3) is 5.91 Å². The first-order chi connectivity index (χ1) is 9.08. The Morgan fingerprint density at radius 3 is 2.89 bits per heavy atom. The molecular formula is C13H20N4O2. The number of aromatic nitrogens is 1. The predicted octanol–water partition coefficient (Wildman–Crippen LogP) is 0.626.